The standard InChI is InChI=1S/C58H64O17S/c1-6-76-58-55(68-34-43-25-17-10-18-26-43)54(67-33-42-23-15-9-16-24-42)53(75-57(60)45-29-48(72-38-63-4)52(49(30-45)73-39-64-5)66-32-41-21-13-8-14-22-41)50(74-58)35-69-56(59)44-27-46(70-36-61-2)51(47(28-44)71-37-62-3)65-31-40-19-11-7-12-20-40/h7-30,50,53-55,58H,6,31-39H2,1-5H3/t50-,53-,54+,55-,58+/m1/s1. The summed E-state index contributed by atoms with van der Waals surface area (Å²) in [6, 6.07) is 44.1. The van der Waals surface area contributed by atoms with Gasteiger partial charge in [0.1, 0.15) is 43.6 Å². The van der Waals surface area contributed by atoms with Crippen molar-refractivity contribution >= 4 is 23.7 Å². The Morgan fingerprint density at radius 2 is 0.829 bits per heavy atom. The van der Waals surface area contributed by atoms with Crippen LogP contribution < -0.4 is 28.4 Å². The lowest BCUT2D eigenvalue weighted by Crippen LogP contribution is -2.61. The lowest BCUT2D eigenvalue weighted by Gasteiger charge is -2.45. The lowest BCUT2D eigenvalue weighted by atomic mass is 9.98. The van der Waals surface area contributed by atoms with Gasteiger partial charge in [0.2, 0.25) is 11.5 Å². The first-order valence-corrected chi connectivity index (χ1v) is 25.5. The van der Waals surface area contributed by atoms with Crippen LogP contribution in [0.15, 0.2) is 146 Å². The lowest BCUT2D eigenvalue weighted by molar-refractivity contribution is -0.237. The number of ether oxygens (including phenoxy) is 15. The number of hydrogen-bond acceptors (Lipinski definition) is 18. The second kappa shape index (κ2) is 30.6. The van der Waals surface area contributed by atoms with E-state index >= 15 is 0 Å². The van der Waals surface area contributed by atoms with E-state index in [-0.39, 0.29) is 99.2 Å². The Morgan fingerprint density at radius 3 is 1.21 bits per heavy atom. The van der Waals surface area contributed by atoms with Gasteiger partial charge in [0.25, 0.3) is 0 Å². The fourth-order valence-electron chi connectivity index (χ4n) is 7.84. The van der Waals surface area contributed by atoms with Crippen molar-refractivity contribution in [2.24, 2.45) is 0 Å². The largest absolute Gasteiger partial charge is 0.482 e. The molecule has 17 nitrogen and oxygen atoms in total. The van der Waals surface area contributed by atoms with Crippen LogP contribution in [0.25, 0.3) is 0 Å². The van der Waals surface area contributed by atoms with E-state index < -0.39 is 48.4 Å². The van der Waals surface area contributed by atoms with Crippen LogP contribution in [0.5, 0.6) is 34.5 Å². The second-order valence-electron chi connectivity index (χ2n) is 16.8. The summed E-state index contributed by atoms with van der Waals surface area (Å²) in [5.41, 5.74) is 2.86. The van der Waals surface area contributed by atoms with Gasteiger partial charge in [-0.05, 0) is 52.3 Å². The molecule has 0 radical (unpaired) electrons. The number of methoxy groups -OCH3 is 4. The van der Waals surface area contributed by atoms with Gasteiger partial charge in [0.15, 0.2) is 56.3 Å². The zero-order chi connectivity index (χ0) is 53.3. The fourth-order valence-corrected chi connectivity index (χ4v) is 8.81. The predicted molar refractivity (Wildman–Crippen MR) is 281 cm³/mol. The average Bonchev–Trinajstić information content (AvgIpc) is 3.46. The topological polar surface area (TPSA) is 173 Å². The van der Waals surface area contributed by atoms with Crippen LogP contribution in [0.4, 0.5) is 0 Å². The summed E-state index contributed by atoms with van der Waals surface area (Å²) in [6.45, 7) is 1.42. The molecular weight excluding hydrogens is 1000 g/mol. The van der Waals surface area contributed by atoms with Crippen molar-refractivity contribution in [2.75, 3.05) is 68.0 Å². The first-order chi connectivity index (χ1) is 37.3. The minimum Gasteiger partial charge on any atom is -0.482 e. The van der Waals surface area contributed by atoms with Crippen molar-refractivity contribution in [2.45, 2.75) is 63.2 Å². The molecule has 0 aromatic heterocycles. The summed E-state index contributed by atoms with van der Waals surface area (Å²) in [6.07, 6.45) is -4.22. The molecule has 1 aliphatic rings. The van der Waals surface area contributed by atoms with E-state index in [4.69, 9.17) is 71.1 Å². The van der Waals surface area contributed by atoms with Crippen LogP contribution in [0, 0.1) is 0 Å². The number of carbonyl (C=O) groups is 2. The molecule has 1 fully saturated rings. The second-order valence-corrected chi connectivity index (χ2v) is 18.2. The zero-order valence-corrected chi connectivity index (χ0v) is 44.0. The Bertz CT molecular complexity index is 2610. The molecule has 0 unspecified atom stereocenters. The Balaban J connectivity index is 1.26. The van der Waals surface area contributed by atoms with E-state index in [2.05, 4.69) is 0 Å². The maximum absolute atomic E-state index is 14.9. The van der Waals surface area contributed by atoms with Crippen LogP contribution in [0.2, 0.25) is 0 Å². The monoisotopic (exact) mass is 1060 g/mol. The molecule has 404 valence electrons. The Kier molecular flexibility index (Phi) is 22.9. The van der Waals surface area contributed by atoms with Crippen molar-refractivity contribution in [1.29, 1.82) is 0 Å². The molecule has 0 bridgehead atoms. The van der Waals surface area contributed by atoms with Gasteiger partial charge in [-0.2, -0.15) is 0 Å². The van der Waals surface area contributed by atoms with Gasteiger partial charge in [-0.1, -0.05) is 128 Å². The molecule has 1 saturated heterocycles. The summed E-state index contributed by atoms with van der Waals surface area (Å²) in [5, 5.41) is 0. The van der Waals surface area contributed by atoms with Gasteiger partial charge in [-0.3, -0.25) is 0 Å². The maximum atomic E-state index is 14.9. The minimum atomic E-state index is -1.27. The molecule has 0 aliphatic carbocycles. The highest BCUT2D eigenvalue weighted by atomic mass is 32.2. The van der Waals surface area contributed by atoms with Crippen molar-refractivity contribution in [3.05, 3.63) is 179 Å². The van der Waals surface area contributed by atoms with Crippen LogP contribution in [0.1, 0.15) is 49.9 Å². The van der Waals surface area contributed by atoms with Crippen LogP contribution in [-0.2, 0) is 69.1 Å². The minimum absolute atomic E-state index is 0.00961. The number of rotatable bonds is 31. The summed E-state index contributed by atoms with van der Waals surface area (Å²) in [4.78, 5) is 29.3. The fraction of sp³-hybridized carbons (Fsp3) is 0.345. The summed E-state index contributed by atoms with van der Waals surface area (Å²) < 4.78 is 90.5. The van der Waals surface area contributed by atoms with Crippen molar-refractivity contribution in [3.8, 4) is 34.5 Å². The Morgan fingerprint density at radius 1 is 0.461 bits per heavy atom. The molecule has 1 aliphatic heterocycles. The highest BCUT2D eigenvalue weighted by Crippen LogP contribution is 2.43. The highest BCUT2D eigenvalue weighted by Gasteiger charge is 2.50. The van der Waals surface area contributed by atoms with Gasteiger partial charge >= 0.3 is 11.9 Å². The normalized spacial score (nSPS) is 17.0. The zero-order valence-electron chi connectivity index (χ0n) is 43.2. The molecule has 5 atom stereocenters. The van der Waals surface area contributed by atoms with Crippen molar-refractivity contribution in [1.82, 2.24) is 0 Å². The van der Waals surface area contributed by atoms with E-state index in [1.54, 1.807) is 0 Å². The molecule has 0 saturated carbocycles. The summed E-state index contributed by atoms with van der Waals surface area (Å²) >= 11 is 1.47. The quantitative estimate of drug-likeness (QED) is 0.0297. The Hall–Kier alpha value is -6.87. The first kappa shape index (κ1) is 56.8. The van der Waals surface area contributed by atoms with Gasteiger partial charge < -0.3 is 71.1 Å². The molecular formula is C58H64O17S. The van der Waals surface area contributed by atoms with E-state index in [9.17, 15) is 9.59 Å². The molecule has 0 spiro atoms. The van der Waals surface area contributed by atoms with Crippen molar-refractivity contribution in [3.63, 3.8) is 0 Å². The van der Waals surface area contributed by atoms with Gasteiger partial charge in [-0.25, -0.2) is 9.59 Å². The van der Waals surface area contributed by atoms with Crippen molar-refractivity contribution < 1.29 is 80.6 Å². The van der Waals surface area contributed by atoms with E-state index in [1.165, 1.54) is 64.5 Å². The van der Waals surface area contributed by atoms with Crippen LogP contribution in [-0.4, -0.2) is 110 Å². The molecule has 6 aromatic carbocycles. The smallest absolute Gasteiger partial charge is 0.338 e. The number of carbonyl (C=O) groups excluding carboxylic acids is 2. The third kappa shape index (κ3) is 16.6. The molecule has 18 heteroatoms. The Labute approximate surface area is 447 Å². The molecule has 76 heavy (non-hydrogen) atoms. The SMILES string of the molecule is CCS[C@@H]1O[C@H](COC(=O)c2cc(OCOC)c(OCc3ccccc3)c(OCOC)c2)[C@@H](OC(=O)c2cc(OCOC)c(OCc3ccccc3)c(OCOC)c2)[C@H](OCc2ccccc2)[C@H]1OCc1ccccc1. The molecule has 1 heterocycles. The number of esters is 2. The van der Waals surface area contributed by atoms with Crippen LogP contribution in [0.3, 0.4) is 0 Å². The number of thioether (sulfide) groups is 1. The van der Waals surface area contributed by atoms with E-state index in [1.807, 2.05) is 128 Å². The molecule has 0 N–H and O–H groups in total. The number of hydrogen-bond donors (Lipinski definition) is 0. The average molecular weight is 1070 g/mol. The summed E-state index contributed by atoms with van der Waals surface area (Å²) in [5.74, 6) is -0.0605. The van der Waals surface area contributed by atoms with Gasteiger partial charge in [0.05, 0.1) is 24.3 Å². The van der Waals surface area contributed by atoms with E-state index in [0.29, 0.717) is 5.75 Å². The number of benzene rings is 6. The first-order valence-electron chi connectivity index (χ1n) is 24.4. The maximum Gasteiger partial charge on any atom is 0.338 e. The summed E-state index contributed by atoms with van der Waals surface area (Å²) in [7, 11) is 5.87. The molecule has 0 amide bonds. The van der Waals surface area contributed by atoms with Crippen LogP contribution >= 0.6 is 11.8 Å². The van der Waals surface area contributed by atoms with E-state index in [0.717, 1.165) is 22.3 Å². The van der Waals surface area contributed by atoms with Gasteiger partial charge in [-0.15, -0.1) is 11.8 Å². The third-order valence-corrected chi connectivity index (χ3v) is 12.4. The predicted octanol–water partition coefficient (Wildman–Crippen LogP) is 9.81. The third-order valence-electron chi connectivity index (χ3n) is 11.4. The molecule has 7 rings (SSSR count). The molecule has 6 aromatic rings. The highest BCUT2D eigenvalue weighted by molar-refractivity contribution is 7.99. The van der Waals surface area contributed by atoms with Gasteiger partial charge in [0, 0.05) is 28.4 Å².